The summed E-state index contributed by atoms with van der Waals surface area (Å²) in [6, 6.07) is 10.3. The molecule has 1 saturated heterocycles. The number of aliphatic hydroxyl groups excluding tert-OH is 1. The Balaban J connectivity index is 1.40. The topological polar surface area (TPSA) is 48.6 Å². The molecule has 1 atom stereocenters. The molecule has 0 spiro atoms. The molecule has 2 aromatic rings. The molecule has 4 nitrogen and oxygen atoms in total. The van der Waals surface area contributed by atoms with Gasteiger partial charge in [-0.15, -0.1) is 0 Å². The molecule has 4 heteroatoms. The molecule has 1 fully saturated rings. The summed E-state index contributed by atoms with van der Waals surface area (Å²) in [5, 5.41) is 14.1. The lowest BCUT2D eigenvalue weighted by Crippen LogP contribution is -2.40. The van der Waals surface area contributed by atoms with Gasteiger partial charge in [-0.3, -0.25) is 0 Å². The van der Waals surface area contributed by atoms with Gasteiger partial charge in [0.2, 0.25) is 0 Å². The predicted octanol–water partition coefficient (Wildman–Crippen LogP) is 2.62. The second-order valence-electron chi connectivity index (χ2n) is 6.47. The van der Waals surface area contributed by atoms with Crippen molar-refractivity contribution in [3.63, 3.8) is 0 Å². The van der Waals surface area contributed by atoms with Crippen LogP contribution in [0.4, 0.5) is 0 Å². The lowest BCUT2D eigenvalue weighted by molar-refractivity contribution is 0.0997. The number of fused-ring (bicyclic) bond motifs is 1. The van der Waals surface area contributed by atoms with Gasteiger partial charge in [-0.25, -0.2) is 0 Å². The summed E-state index contributed by atoms with van der Waals surface area (Å²) < 4.78 is 5.82. The number of furan rings is 1. The third-order valence-electron chi connectivity index (χ3n) is 4.44. The normalized spacial score (nSPS) is 18.8. The van der Waals surface area contributed by atoms with Crippen molar-refractivity contribution >= 4 is 11.0 Å². The molecule has 3 rings (SSSR count). The third-order valence-corrected chi connectivity index (χ3v) is 4.44. The van der Waals surface area contributed by atoms with Crippen molar-refractivity contribution in [2.75, 3.05) is 26.2 Å². The molecule has 1 aromatic carbocycles. The van der Waals surface area contributed by atoms with Crippen molar-refractivity contribution in [2.45, 2.75) is 32.4 Å². The van der Waals surface area contributed by atoms with Gasteiger partial charge in [0.25, 0.3) is 0 Å². The van der Waals surface area contributed by atoms with E-state index in [9.17, 15) is 5.11 Å². The van der Waals surface area contributed by atoms with E-state index in [1.165, 1.54) is 18.2 Å². The van der Waals surface area contributed by atoms with Crippen LogP contribution in [0.25, 0.3) is 11.0 Å². The fourth-order valence-corrected chi connectivity index (χ4v) is 3.27. The second kappa shape index (κ2) is 7.27. The fourth-order valence-electron chi connectivity index (χ4n) is 3.27. The van der Waals surface area contributed by atoms with Gasteiger partial charge in [0.15, 0.2) is 0 Å². The van der Waals surface area contributed by atoms with Crippen molar-refractivity contribution in [2.24, 2.45) is 5.92 Å². The molecule has 1 aliphatic heterocycles. The number of piperidine rings is 1. The van der Waals surface area contributed by atoms with E-state index in [-0.39, 0.29) is 6.10 Å². The van der Waals surface area contributed by atoms with Crippen LogP contribution in [0.3, 0.4) is 0 Å². The minimum atomic E-state index is -0.220. The molecule has 2 heterocycles. The number of nitrogens with one attached hydrogen (secondary N) is 1. The number of para-hydroxylation sites is 1. The molecule has 0 unspecified atom stereocenters. The number of hydrogen-bond acceptors (Lipinski definition) is 4. The highest BCUT2D eigenvalue weighted by molar-refractivity contribution is 5.77. The minimum absolute atomic E-state index is 0.220. The van der Waals surface area contributed by atoms with Crippen molar-refractivity contribution in [3.05, 3.63) is 36.1 Å². The molecular weight excluding hydrogens is 276 g/mol. The first-order valence-electron chi connectivity index (χ1n) is 8.29. The van der Waals surface area contributed by atoms with Gasteiger partial charge in [0.05, 0.1) is 12.6 Å². The average molecular weight is 302 g/mol. The van der Waals surface area contributed by atoms with Gasteiger partial charge in [-0.05, 0) is 57.5 Å². The van der Waals surface area contributed by atoms with Crippen LogP contribution in [0, 0.1) is 5.92 Å². The molecule has 1 aliphatic rings. The smallest absolute Gasteiger partial charge is 0.134 e. The molecule has 0 aliphatic carbocycles. The summed E-state index contributed by atoms with van der Waals surface area (Å²) >= 11 is 0. The summed E-state index contributed by atoms with van der Waals surface area (Å²) in [6.45, 7) is 6.70. The monoisotopic (exact) mass is 302 g/mol. The zero-order valence-electron chi connectivity index (χ0n) is 13.3. The number of benzene rings is 1. The fraction of sp³-hybridized carbons (Fsp3) is 0.556. The molecule has 22 heavy (non-hydrogen) atoms. The van der Waals surface area contributed by atoms with E-state index in [1.54, 1.807) is 0 Å². The Hall–Kier alpha value is -1.36. The van der Waals surface area contributed by atoms with Crippen molar-refractivity contribution in [3.8, 4) is 0 Å². The van der Waals surface area contributed by atoms with E-state index in [2.05, 4.69) is 22.3 Å². The first kappa shape index (κ1) is 15.5. The molecule has 1 aromatic heterocycles. The maximum Gasteiger partial charge on any atom is 0.134 e. The van der Waals surface area contributed by atoms with Crippen LogP contribution in [0.15, 0.2) is 34.7 Å². The van der Waals surface area contributed by atoms with Crippen molar-refractivity contribution < 1.29 is 9.52 Å². The Labute approximate surface area is 132 Å². The quantitative estimate of drug-likeness (QED) is 0.861. The lowest BCUT2D eigenvalue weighted by atomic mass is 9.96. The summed E-state index contributed by atoms with van der Waals surface area (Å²) in [7, 11) is 0. The van der Waals surface area contributed by atoms with E-state index in [1.807, 2.05) is 25.1 Å². The van der Waals surface area contributed by atoms with Crippen LogP contribution >= 0.6 is 0 Å². The number of nitrogens with zero attached hydrogens (tertiary/aromatic N) is 1. The molecule has 2 N–H and O–H groups in total. The van der Waals surface area contributed by atoms with Crippen LogP contribution in [-0.2, 0) is 6.54 Å². The van der Waals surface area contributed by atoms with Crippen LogP contribution in [-0.4, -0.2) is 42.3 Å². The molecule has 0 bridgehead atoms. The number of aliphatic hydroxyl groups is 1. The zero-order valence-corrected chi connectivity index (χ0v) is 13.3. The Morgan fingerprint density at radius 1 is 1.32 bits per heavy atom. The number of rotatable bonds is 6. The predicted molar refractivity (Wildman–Crippen MR) is 88.8 cm³/mol. The number of β-amino-alcohol motifs (C(OH)–C–C–N with tert-alkyl or cyclic N) is 1. The molecule has 120 valence electrons. The van der Waals surface area contributed by atoms with Gasteiger partial charge in [-0.1, -0.05) is 18.2 Å². The van der Waals surface area contributed by atoms with Crippen LogP contribution in [0.5, 0.6) is 0 Å². The Morgan fingerprint density at radius 2 is 2.09 bits per heavy atom. The largest absolute Gasteiger partial charge is 0.460 e. The van der Waals surface area contributed by atoms with E-state index < -0.39 is 0 Å². The zero-order chi connectivity index (χ0) is 15.4. The van der Waals surface area contributed by atoms with Crippen LogP contribution in [0.2, 0.25) is 0 Å². The molecule has 0 amide bonds. The first-order valence-corrected chi connectivity index (χ1v) is 8.29. The summed E-state index contributed by atoms with van der Waals surface area (Å²) in [5.74, 6) is 1.74. The maximum atomic E-state index is 9.43. The van der Waals surface area contributed by atoms with E-state index >= 15 is 0 Å². The van der Waals surface area contributed by atoms with E-state index in [0.717, 1.165) is 50.0 Å². The highest BCUT2D eigenvalue weighted by atomic mass is 16.3. The summed E-state index contributed by atoms with van der Waals surface area (Å²) in [4.78, 5) is 2.36. The third kappa shape index (κ3) is 4.09. The van der Waals surface area contributed by atoms with E-state index in [4.69, 9.17) is 4.42 Å². The van der Waals surface area contributed by atoms with Crippen molar-refractivity contribution in [1.29, 1.82) is 0 Å². The standard InChI is InChI=1S/C18H26N2O2/c1-14(21)13-20-8-6-15(7-9-20)11-19-12-17-10-16-4-2-3-5-18(16)22-17/h2-5,10,14-15,19,21H,6-9,11-13H2,1H3/t14-/m0/s1. The maximum absolute atomic E-state index is 9.43. The first-order chi connectivity index (χ1) is 10.7. The molecular formula is C18H26N2O2. The number of hydrogen-bond donors (Lipinski definition) is 2. The second-order valence-corrected chi connectivity index (χ2v) is 6.47. The Morgan fingerprint density at radius 3 is 2.82 bits per heavy atom. The van der Waals surface area contributed by atoms with Gasteiger partial charge < -0.3 is 19.7 Å². The highest BCUT2D eigenvalue weighted by Crippen LogP contribution is 2.19. The Bertz CT molecular complexity index is 553. The van der Waals surface area contributed by atoms with E-state index in [0.29, 0.717) is 0 Å². The summed E-state index contributed by atoms with van der Waals surface area (Å²) in [5.41, 5.74) is 0.964. The van der Waals surface area contributed by atoms with Gasteiger partial charge in [0.1, 0.15) is 11.3 Å². The lowest BCUT2D eigenvalue weighted by Gasteiger charge is -2.32. The average Bonchev–Trinajstić information content (AvgIpc) is 2.91. The van der Waals surface area contributed by atoms with Crippen LogP contribution in [0.1, 0.15) is 25.5 Å². The van der Waals surface area contributed by atoms with Crippen LogP contribution < -0.4 is 5.32 Å². The van der Waals surface area contributed by atoms with Crippen molar-refractivity contribution in [1.82, 2.24) is 10.2 Å². The minimum Gasteiger partial charge on any atom is -0.460 e. The SMILES string of the molecule is C[C@H](O)CN1CCC(CNCc2cc3ccccc3o2)CC1. The van der Waals surface area contributed by atoms with Gasteiger partial charge in [0, 0.05) is 11.9 Å². The number of likely N-dealkylation sites (tertiary alicyclic amines) is 1. The van der Waals surface area contributed by atoms with Gasteiger partial charge in [-0.2, -0.15) is 0 Å². The highest BCUT2D eigenvalue weighted by Gasteiger charge is 2.19. The molecule has 0 saturated carbocycles. The Kier molecular flexibility index (Phi) is 5.13. The summed E-state index contributed by atoms with van der Waals surface area (Å²) in [6.07, 6.45) is 2.20. The molecule has 0 radical (unpaired) electrons. The van der Waals surface area contributed by atoms with Gasteiger partial charge >= 0.3 is 0 Å².